The standard InChI is InChI=1S/C21H19NO2/c1-13(2)18-12-19(14(3)10-20(18)23)22-21(24)17-9-8-15-6-4-5-7-16(15)11-17/h4-13H,1-3H3. The minimum atomic E-state index is -0.294. The minimum Gasteiger partial charge on any atom is -0.290 e. The summed E-state index contributed by atoms with van der Waals surface area (Å²) >= 11 is 0. The van der Waals surface area contributed by atoms with Gasteiger partial charge in [0.1, 0.15) is 0 Å². The molecular formula is C21H19NO2. The summed E-state index contributed by atoms with van der Waals surface area (Å²) in [6.07, 6.45) is 3.29. The zero-order valence-electron chi connectivity index (χ0n) is 14.0. The summed E-state index contributed by atoms with van der Waals surface area (Å²) in [5.74, 6) is -0.195. The lowest BCUT2D eigenvalue weighted by molar-refractivity contribution is -0.111. The normalized spacial score (nSPS) is 16.5. The van der Waals surface area contributed by atoms with Crippen LogP contribution in [-0.4, -0.2) is 17.4 Å². The highest BCUT2D eigenvalue weighted by molar-refractivity contribution is 6.24. The highest BCUT2D eigenvalue weighted by atomic mass is 16.1. The van der Waals surface area contributed by atoms with Crippen LogP contribution in [0.15, 0.2) is 70.8 Å². The first-order valence-electron chi connectivity index (χ1n) is 8.02. The molecule has 0 saturated carbocycles. The van der Waals surface area contributed by atoms with Crippen LogP contribution in [0.1, 0.15) is 31.1 Å². The van der Waals surface area contributed by atoms with Crippen LogP contribution in [-0.2, 0) is 4.79 Å². The second-order valence-corrected chi connectivity index (χ2v) is 6.31. The second-order valence-electron chi connectivity index (χ2n) is 6.31. The summed E-state index contributed by atoms with van der Waals surface area (Å²) in [5.41, 5.74) is 2.52. The van der Waals surface area contributed by atoms with Gasteiger partial charge in [-0.25, -0.2) is 4.99 Å². The molecule has 0 fully saturated rings. The SMILES string of the molecule is CC1=CC(=O)C(C(C)C)=CC1=NC(=O)c1ccc2ccccc2c1. The fraction of sp³-hybridized carbons (Fsp3) is 0.190. The van der Waals surface area contributed by atoms with Crippen molar-refractivity contribution in [1.29, 1.82) is 0 Å². The number of hydrogen-bond donors (Lipinski definition) is 0. The fourth-order valence-corrected chi connectivity index (χ4v) is 2.75. The highest BCUT2D eigenvalue weighted by Crippen LogP contribution is 2.21. The Kier molecular flexibility index (Phi) is 4.26. The number of hydrogen-bond acceptors (Lipinski definition) is 2. The van der Waals surface area contributed by atoms with Gasteiger partial charge >= 0.3 is 0 Å². The van der Waals surface area contributed by atoms with Gasteiger partial charge in [0, 0.05) is 11.1 Å². The van der Waals surface area contributed by atoms with Crippen LogP contribution < -0.4 is 0 Å². The monoisotopic (exact) mass is 317 g/mol. The molecule has 0 bridgehead atoms. The molecule has 0 aliphatic heterocycles. The van der Waals surface area contributed by atoms with Crippen LogP contribution in [0.4, 0.5) is 0 Å². The van der Waals surface area contributed by atoms with Gasteiger partial charge in [-0.1, -0.05) is 44.2 Å². The molecule has 3 rings (SSSR count). The molecule has 0 aromatic heterocycles. The molecule has 24 heavy (non-hydrogen) atoms. The smallest absolute Gasteiger partial charge is 0.277 e. The van der Waals surface area contributed by atoms with Crippen LogP contribution in [0.3, 0.4) is 0 Å². The molecular weight excluding hydrogens is 298 g/mol. The lowest BCUT2D eigenvalue weighted by Gasteiger charge is -2.15. The Morgan fingerprint density at radius 1 is 1.00 bits per heavy atom. The van der Waals surface area contributed by atoms with Crippen molar-refractivity contribution < 1.29 is 9.59 Å². The van der Waals surface area contributed by atoms with Gasteiger partial charge in [0.25, 0.3) is 5.91 Å². The van der Waals surface area contributed by atoms with E-state index in [0.29, 0.717) is 16.8 Å². The summed E-state index contributed by atoms with van der Waals surface area (Å²) in [6.45, 7) is 5.72. The first-order valence-corrected chi connectivity index (χ1v) is 8.02. The maximum Gasteiger partial charge on any atom is 0.277 e. The third kappa shape index (κ3) is 3.11. The van der Waals surface area contributed by atoms with Crippen molar-refractivity contribution in [3.05, 3.63) is 71.3 Å². The predicted octanol–water partition coefficient (Wildman–Crippen LogP) is 4.53. The zero-order chi connectivity index (χ0) is 17.3. The van der Waals surface area contributed by atoms with Crippen molar-refractivity contribution in [2.45, 2.75) is 20.8 Å². The number of carbonyl (C=O) groups excluding carboxylic acids is 2. The average Bonchev–Trinajstić information content (AvgIpc) is 2.56. The molecule has 0 atom stereocenters. The Morgan fingerprint density at radius 3 is 2.42 bits per heavy atom. The molecule has 1 aliphatic carbocycles. The Hall–Kier alpha value is -2.81. The van der Waals surface area contributed by atoms with E-state index >= 15 is 0 Å². The predicted molar refractivity (Wildman–Crippen MR) is 97.4 cm³/mol. The quantitative estimate of drug-likeness (QED) is 0.764. The number of amides is 1. The average molecular weight is 317 g/mol. The molecule has 0 spiro atoms. The number of nitrogens with zero attached hydrogens (tertiary/aromatic N) is 1. The van der Waals surface area contributed by atoms with Gasteiger partial charge in [0.2, 0.25) is 0 Å². The van der Waals surface area contributed by atoms with Crippen molar-refractivity contribution in [1.82, 2.24) is 0 Å². The number of benzene rings is 2. The molecule has 120 valence electrons. The van der Waals surface area contributed by atoms with Gasteiger partial charge in [0.05, 0.1) is 5.71 Å². The molecule has 3 nitrogen and oxygen atoms in total. The first-order chi connectivity index (χ1) is 11.5. The third-order valence-corrected chi connectivity index (χ3v) is 4.17. The molecule has 0 saturated heterocycles. The largest absolute Gasteiger partial charge is 0.290 e. The Bertz CT molecular complexity index is 930. The van der Waals surface area contributed by atoms with Gasteiger partial charge < -0.3 is 0 Å². The summed E-state index contributed by atoms with van der Waals surface area (Å²) in [7, 11) is 0. The van der Waals surface area contributed by atoms with E-state index in [2.05, 4.69) is 4.99 Å². The van der Waals surface area contributed by atoms with Gasteiger partial charge in [-0.05, 0) is 53.5 Å². The summed E-state index contributed by atoms with van der Waals surface area (Å²) in [5, 5.41) is 2.09. The Balaban J connectivity index is 1.98. The molecule has 0 heterocycles. The number of rotatable bonds is 2. The molecule has 2 aromatic rings. The second kappa shape index (κ2) is 6.36. The summed E-state index contributed by atoms with van der Waals surface area (Å²) in [6, 6.07) is 13.4. The summed E-state index contributed by atoms with van der Waals surface area (Å²) < 4.78 is 0. The number of fused-ring (bicyclic) bond motifs is 1. The van der Waals surface area contributed by atoms with E-state index in [9.17, 15) is 9.59 Å². The molecule has 0 N–H and O–H groups in total. The lowest BCUT2D eigenvalue weighted by Crippen LogP contribution is -2.16. The summed E-state index contributed by atoms with van der Waals surface area (Å²) in [4.78, 5) is 28.8. The lowest BCUT2D eigenvalue weighted by atomic mass is 9.90. The Morgan fingerprint density at radius 2 is 1.71 bits per heavy atom. The van der Waals surface area contributed by atoms with Gasteiger partial charge in [0.15, 0.2) is 5.78 Å². The van der Waals surface area contributed by atoms with E-state index < -0.39 is 0 Å². The number of aliphatic imine (C=N–C) groups is 1. The van der Waals surface area contributed by atoms with Crippen LogP contribution in [0.5, 0.6) is 0 Å². The van der Waals surface area contributed by atoms with Crippen molar-refractivity contribution >= 4 is 28.2 Å². The van der Waals surface area contributed by atoms with Gasteiger partial charge in [-0.3, -0.25) is 9.59 Å². The minimum absolute atomic E-state index is 0.000367. The molecule has 1 amide bonds. The van der Waals surface area contributed by atoms with Gasteiger partial charge in [-0.2, -0.15) is 0 Å². The van der Waals surface area contributed by atoms with Gasteiger partial charge in [-0.15, -0.1) is 0 Å². The number of allylic oxidation sites excluding steroid dienone is 4. The molecule has 0 unspecified atom stereocenters. The van der Waals surface area contributed by atoms with E-state index in [4.69, 9.17) is 0 Å². The van der Waals surface area contributed by atoms with E-state index in [1.807, 2.05) is 50.2 Å². The highest BCUT2D eigenvalue weighted by Gasteiger charge is 2.19. The van der Waals surface area contributed by atoms with Crippen LogP contribution in [0.2, 0.25) is 0 Å². The molecule has 3 heteroatoms. The van der Waals surface area contributed by atoms with Crippen molar-refractivity contribution in [3.63, 3.8) is 0 Å². The van der Waals surface area contributed by atoms with Crippen molar-refractivity contribution in [2.75, 3.05) is 0 Å². The number of carbonyl (C=O) groups is 2. The van der Waals surface area contributed by atoms with E-state index in [0.717, 1.165) is 16.3 Å². The van der Waals surface area contributed by atoms with Crippen LogP contribution in [0.25, 0.3) is 10.8 Å². The molecule has 2 aromatic carbocycles. The van der Waals surface area contributed by atoms with Crippen LogP contribution in [0, 0.1) is 5.92 Å². The van der Waals surface area contributed by atoms with Crippen molar-refractivity contribution in [2.24, 2.45) is 10.9 Å². The maximum absolute atomic E-state index is 12.5. The third-order valence-electron chi connectivity index (χ3n) is 4.17. The zero-order valence-corrected chi connectivity index (χ0v) is 14.0. The van der Waals surface area contributed by atoms with E-state index in [-0.39, 0.29) is 17.6 Å². The van der Waals surface area contributed by atoms with E-state index in [1.165, 1.54) is 0 Å². The van der Waals surface area contributed by atoms with E-state index in [1.54, 1.807) is 25.1 Å². The van der Waals surface area contributed by atoms with Crippen molar-refractivity contribution in [3.8, 4) is 0 Å². The topological polar surface area (TPSA) is 46.5 Å². The maximum atomic E-state index is 12.5. The fourth-order valence-electron chi connectivity index (χ4n) is 2.75. The molecule has 0 radical (unpaired) electrons. The molecule has 1 aliphatic rings. The first kappa shape index (κ1) is 16.1. The number of ketones is 1. The van der Waals surface area contributed by atoms with Crippen LogP contribution >= 0.6 is 0 Å². The Labute approximate surface area is 141 Å².